The first-order chi connectivity index (χ1) is 7.50. The summed E-state index contributed by atoms with van der Waals surface area (Å²) in [6.45, 7) is 6.17. The van der Waals surface area contributed by atoms with Crippen LogP contribution in [0.15, 0.2) is 18.5 Å². The first-order valence-electron chi connectivity index (χ1n) is 5.24. The largest absolute Gasteiger partial charge is 0.392 e. The first-order valence-corrected chi connectivity index (χ1v) is 5.64. The lowest BCUT2D eigenvalue weighted by Crippen LogP contribution is -2.21. The summed E-state index contributed by atoms with van der Waals surface area (Å²) >= 11 is 5.02. The van der Waals surface area contributed by atoms with Crippen molar-refractivity contribution in [2.45, 2.75) is 26.8 Å². The van der Waals surface area contributed by atoms with Crippen LogP contribution in [0.4, 0.5) is 0 Å². The van der Waals surface area contributed by atoms with Crippen molar-refractivity contribution >= 4 is 28.2 Å². The SMILES string of the molecule is Cc1cc2ncn(C(C)C(N)=S)c2cc1C. The quantitative estimate of drug-likeness (QED) is 0.810. The molecule has 16 heavy (non-hydrogen) atoms. The molecule has 84 valence electrons. The second-order valence-electron chi connectivity index (χ2n) is 4.16. The normalized spacial score (nSPS) is 12.9. The molecule has 0 aliphatic carbocycles. The average molecular weight is 233 g/mol. The van der Waals surface area contributed by atoms with Crippen LogP contribution in [0.5, 0.6) is 0 Å². The minimum Gasteiger partial charge on any atom is -0.392 e. The zero-order valence-electron chi connectivity index (χ0n) is 9.69. The highest BCUT2D eigenvalue weighted by Gasteiger charge is 2.12. The van der Waals surface area contributed by atoms with E-state index in [9.17, 15) is 0 Å². The lowest BCUT2D eigenvalue weighted by atomic mass is 10.1. The number of thiocarbonyl (C=S) groups is 1. The number of hydrogen-bond acceptors (Lipinski definition) is 2. The van der Waals surface area contributed by atoms with Crippen LogP contribution in [0.25, 0.3) is 11.0 Å². The molecule has 2 aromatic rings. The maximum atomic E-state index is 5.67. The number of fused-ring (bicyclic) bond motifs is 1. The van der Waals surface area contributed by atoms with E-state index >= 15 is 0 Å². The van der Waals surface area contributed by atoms with E-state index in [1.165, 1.54) is 11.1 Å². The number of benzene rings is 1. The van der Waals surface area contributed by atoms with Crippen molar-refractivity contribution in [1.82, 2.24) is 9.55 Å². The van der Waals surface area contributed by atoms with Crippen LogP contribution in [-0.2, 0) is 0 Å². The molecule has 2 rings (SSSR count). The molecular weight excluding hydrogens is 218 g/mol. The van der Waals surface area contributed by atoms with Gasteiger partial charge in [0.2, 0.25) is 0 Å². The summed E-state index contributed by atoms with van der Waals surface area (Å²) in [4.78, 5) is 4.86. The Morgan fingerprint density at radius 2 is 2.00 bits per heavy atom. The Balaban J connectivity index is 2.65. The molecule has 1 atom stereocenters. The van der Waals surface area contributed by atoms with Gasteiger partial charge in [-0.25, -0.2) is 4.98 Å². The van der Waals surface area contributed by atoms with Crippen LogP contribution in [0.3, 0.4) is 0 Å². The van der Waals surface area contributed by atoms with E-state index in [1.54, 1.807) is 6.33 Å². The van der Waals surface area contributed by atoms with E-state index in [2.05, 4.69) is 31.0 Å². The second-order valence-corrected chi connectivity index (χ2v) is 4.63. The van der Waals surface area contributed by atoms with E-state index in [4.69, 9.17) is 18.0 Å². The minimum absolute atomic E-state index is 0.00195. The third-order valence-corrected chi connectivity index (χ3v) is 3.36. The van der Waals surface area contributed by atoms with Gasteiger partial charge in [-0.1, -0.05) is 12.2 Å². The highest BCUT2D eigenvalue weighted by Crippen LogP contribution is 2.21. The van der Waals surface area contributed by atoms with Crippen molar-refractivity contribution in [3.8, 4) is 0 Å². The third-order valence-electron chi connectivity index (χ3n) is 3.02. The molecule has 0 fully saturated rings. The van der Waals surface area contributed by atoms with Crippen molar-refractivity contribution in [1.29, 1.82) is 0 Å². The highest BCUT2D eigenvalue weighted by atomic mass is 32.1. The van der Waals surface area contributed by atoms with E-state index in [1.807, 2.05) is 11.5 Å². The third kappa shape index (κ3) is 1.69. The van der Waals surface area contributed by atoms with Crippen LogP contribution < -0.4 is 5.73 Å². The molecule has 1 unspecified atom stereocenters. The Morgan fingerprint density at radius 3 is 2.62 bits per heavy atom. The molecular formula is C12H15N3S. The van der Waals surface area contributed by atoms with Gasteiger partial charge in [0, 0.05) is 0 Å². The van der Waals surface area contributed by atoms with Gasteiger partial charge < -0.3 is 10.3 Å². The van der Waals surface area contributed by atoms with Gasteiger partial charge in [-0.3, -0.25) is 0 Å². The standard InChI is InChI=1S/C12H15N3S/c1-7-4-10-11(5-8(7)2)15(6-14-10)9(3)12(13)16/h4-6,9H,1-3H3,(H2,13,16). The van der Waals surface area contributed by atoms with Gasteiger partial charge in [0.15, 0.2) is 0 Å². The maximum Gasteiger partial charge on any atom is 0.0964 e. The topological polar surface area (TPSA) is 43.8 Å². The van der Waals surface area contributed by atoms with Crippen LogP contribution in [-0.4, -0.2) is 14.5 Å². The van der Waals surface area contributed by atoms with Crippen molar-refractivity contribution in [3.63, 3.8) is 0 Å². The number of aromatic nitrogens is 2. The van der Waals surface area contributed by atoms with Crippen molar-refractivity contribution in [2.75, 3.05) is 0 Å². The van der Waals surface area contributed by atoms with Crippen LogP contribution in [0, 0.1) is 13.8 Å². The van der Waals surface area contributed by atoms with Gasteiger partial charge in [-0.2, -0.15) is 0 Å². The fourth-order valence-corrected chi connectivity index (χ4v) is 1.84. The number of aryl methyl sites for hydroxylation is 2. The Hall–Kier alpha value is -1.42. The predicted molar refractivity (Wildman–Crippen MR) is 70.7 cm³/mol. The van der Waals surface area contributed by atoms with Crippen LogP contribution in [0.1, 0.15) is 24.1 Å². The highest BCUT2D eigenvalue weighted by molar-refractivity contribution is 7.80. The van der Waals surface area contributed by atoms with Crippen molar-refractivity contribution < 1.29 is 0 Å². The molecule has 0 aliphatic heterocycles. The van der Waals surface area contributed by atoms with Crippen molar-refractivity contribution in [2.24, 2.45) is 5.73 Å². The summed E-state index contributed by atoms with van der Waals surface area (Å²) in [5.74, 6) is 0. The molecule has 1 aromatic heterocycles. The second kappa shape index (κ2) is 3.87. The molecule has 0 bridgehead atoms. The van der Waals surface area contributed by atoms with Crippen LogP contribution in [0.2, 0.25) is 0 Å². The molecule has 1 aromatic carbocycles. The summed E-state index contributed by atoms with van der Waals surface area (Å²) in [6.07, 6.45) is 1.80. The number of nitrogens with two attached hydrogens (primary N) is 1. The van der Waals surface area contributed by atoms with E-state index in [-0.39, 0.29) is 6.04 Å². The zero-order chi connectivity index (χ0) is 11.9. The fraction of sp³-hybridized carbons (Fsp3) is 0.333. The molecule has 0 saturated carbocycles. The Kier molecular flexibility index (Phi) is 2.68. The number of rotatable bonds is 2. The van der Waals surface area contributed by atoms with Crippen LogP contribution >= 0.6 is 12.2 Å². The molecule has 4 heteroatoms. The van der Waals surface area contributed by atoms with Gasteiger partial charge in [-0.05, 0) is 44.0 Å². The monoisotopic (exact) mass is 233 g/mol. The molecule has 3 nitrogen and oxygen atoms in total. The Labute approximate surface area is 100 Å². The summed E-state index contributed by atoms with van der Waals surface area (Å²) in [5, 5.41) is 0. The minimum atomic E-state index is 0.00195. The molecule has 1 heterocycles. The van der Waals surface area contributed by atoms with E-state index in [0.29, 0.717) is 4.99 Å². The lowest BCUT2D eigenvalue weighted by molar-refractivity contribution is 0.719. The lowest BCUT2D eigenvalue weighted by Gasteiger charge is -2.12. The fourth-order valence-electron chi connectivity index (χ4n) is 1.73. The van der Waals surface area contributed by atoms with E-state index in [0.717, 1.165) is 11.0 Å². The Morgan fingerprint density at radius 1 is 1.38 bits per heavy atom. The molecule has 0 amide bonds. The van der Waals surface area contributed by atoms with E-state index < -0.39 is 0 Å². The summed E-state index contributed by atoms with van der Waals surface area (Å²) < 4.78 is 2.02. The molecule has 0 aliphatic rings. The smallest absolute Gasteiger partial charge is 0.0964 e. The maximum absolute atomic E-state index is 5.67. The molecule has 2 N–H and O–H groups in total. The number of hydrogen-bond donors (Lipinski definition) is 1. The number of nitrogens with zero attached hydrogens (tertiary/aromatic N) is 2. The summed E-state index contributed by atoms with van der Waals surface area (Å²) in [6, 6.07) is 4.22. The summed E-state index contributed by atoms with van der Waals surface area (Å²) in [5.41, 5.74) is 10.3. The number of imidazole rings is 1. The van der Waals surface area contributed by atoms with Gasteiger partial charge in [0.1, 0.15) is 0 Å². The molecule has 0 radical (unpaired) electrons. The van der Waals surface area contributed by atoms with Crippen molar-refractivity contribution in [3.05, 3.63) is 29.6 Å². The predicted octanol–water partition coefficient (Wildman–Crippen LogP) is 2.50. The zero-order valence-corrected chi connectivity index (χ0v) is 10.5. The van der Waals surface area contributed by atoms with Gasteiger partial charge in [-0.15, -0.1) is 0 Å². The van der Waals surface area contributed by atoms with Gasteiger partial charge >= 0.3 is 0 Å². The molecule has 0 saturated heterocycles. The van der Waals surface area contributed by atoms with Gasteiger partial charge in [0.05, 0.1) is 28.4 Å². The van der Waals surface area contributed by atoms with Gasteiger partial charge in [0.25, 0.3) is 0 Å². The first kappa shape index (κ1) is 11.1. The average Bonchev–Trinajstić information content (AvgIpc) is 2.60. The summed E-state index contributed by atoms with van der Waals surface area (Å²) in [7, 11) is 0. The Bertz CT molecular complexity index is 557. The molecule has 0 spiro atoms.